The van der Waals surface area contributed by atoms with Crippen LogP contribution in [-0.4, -0.2) is 24.9 Å². The van der Waals surface area contributed by atoms with Crippen LogP contribution in [0, 0.1) is 17.5 Å². The molecule has 0 spiro atoms. The lowest BCUT2D eigenvalue weighted by molar-refractivity contribution is -0.123. The summed E-state index contributed by atoms with van der Waals surface area (Å²) >= 11 is 0. The molecule has 0 radical (unpaired) electrons. The number of hydrogen-bond donors (Lipinski definition) is 2. The van der Waals surface area contributed by atoms with Gasteiger partial charge in [-0.3, -0.25) is 9.59 Å². The second-order valence-electron chi connectivity index (χ2n) is 5.07. The molecular formula is C17H13F3N2O4. The van der Waals surface area contributed by atoms with Gasteiger partial charge in [-0.2, -0.15) is 0 Å². The number of carbonyl (C=O) groups is 3. The third-order valence-electron chi connectivity index (χ3n) is 3.20. The van der Waals surface area contributed by atoms with Gasteiger partial charge in [0.2, 0.25) is 11.8 Å². The number of amides is 2. The first-order valence-corrected chi connectivity index (χ1v) is 7.23. The van der Waals surface area contributed by atoms with E-state index in [-0.39, 0.29) is 11.3 Å². The van der Waals surface area contributed by atoms with Gasteiger partial charge in [0.1, 0.15) is 6.42 Å². The van der Waals surface area contributed by atoms with Crippen molar-refractivity contribution in [2.24, 2.45) is 0 Å². The number of rotatable bonds is 5. The van der Waals surface area contributed by atoms with E-state index in [2.05, 4.69) is 10.1 Å². The van der Waals surface area contributed by atoms with Gasteiger partial charge in [-0.25, -0.2) is 18.0 Å². The van der Waals surface area contributed by atoms with Gasteiger partial charge < -0.3 is 15.4 Å². The highest BCUT2D eigenvalue weighted by molar-refractivity contribution is 6.08. The van der Waals surface area contributed by atoms with Crippen molar-refractivity contribution in [1.82, 2.24) is 0 Å². The number of esters is 1. The summed E-state index contributed by atoms with van der Waals surface area (Å²) in [6, 6.07) is 7.28. The lowest BCUT2D eigenvalue weighted by Crippen LogP contribution is -2.22. The second kappa shape index (κ2) is 8.15. The van der Waals surface area contributed by atoms with E-state index >= 15 is 0 Å². The minimum Gasteiger partial charge on any atom is -0.465 e. The molecule has 0 heterocycles. The summed E-state index contributed by atoms with van der Waals surface area (Å²) in [7, 11) is 1.20. The van der Waals surface area contributed by atoms with Crippen LogP contribution in [0.4, 0.5) is 24.5 Å². The molecule has 0 saturated carbocycles. The molecule has 0 aromatic heterocycles. The van der Waals surface area contributed by atoms with Crippen molar-refractivity contribution in [2.75, 3.05) is 17.7 Å². The average molecular weight is 366 g/mol. The topological polar surface area (TPSA) is 84.5 Å². The fraction of sp³-hybridized carbons (Fsp3) is 0.118. The summed E-state index contributed by atoms with van der Waals surface area (Å²) in [4.78, 5) is 35.0. The molecule has 0 bridgehead atoms. The van der Waals surface area contributed by atoms with E-state index in [1.807, 2.05) is 5.32 Å². The summed E-state index contributed by atoms with van der Waals surface area (Å²) in [5.41, 5.74) is -0.155. The number of halogens is 3. The number of methoxy groups -OCH3 is 1. The van der Waals surface area contributed by atoms with Crippen molar-refractivity contribution < 1.29 is 32.3 Å². The van der Waals surface area contributed by atoms with Crippen molar-refractivity contribution in [1.29, 1.82) is 0 Å². The standard InChI is InChI=1S/C17H13F3N2O4/c1-26-17(25)9-3-2-4-10(7-9)21-13(23)8-14(24)22-12-6-5-11(18)15(19)16(12)20/h2-7H,8H2,1H3,(H,21,23)(H,22,24). The zero-order chi connectivity index (χ0) is 19.3. The maximum atomic E-state index is 13.5. The van der Waals surface area contributed by atoms with Crippen LogP contribution in [0.15, 0.2) is 36.4 Å². The smallest absolute Gasteiger partial charge is 0.337 e. The van der Waals surface area contributed by atoms with E-state index in [1.165, 1.54) is 31.4 Å². The Hall–Kier alpha value is -3.36. The summed E-state index contributed by atoms with van der Waals surface area (Å²) in [5.74, 6) is -6.99. The maximum absolute atomic E-state index is 13.5. The van der Waals surface area contributed by atoms with Crippen molar-refractivity contribution in [2.45, 2.75) is 6.42 Å². The molecule has 0 fully saturated rings. The zero-order valence-electron chi connectivity index (χ0n) is 13.4. The van der Waals surface area contributed by atoms with Crippen LogP contribution in [0.25, 0.3) is 0 Å². The van der Waals surface area contributed by atoms with E-state index in [0.29, 0.717) is 6.07 Å². The van der Waals surface area contributed by atoms with Gasteiger partial charge in [0.25, 0.3) is 0 Å². The summed E-state index contributed by atoms with van der Waals surface area (Å²) < 4.78 is 44.0. The van der Waals surface area contributed by atoms with Crippen LogP contribution in [0.3, 0.4) is 0 Å². The Bertz CT molecular complexity index is 871. The minimum atomic E-state index is -1.73. The fourth-order valence-electron chi connectivity index (χ4n) is 2.01. The molecule has 2 aromatic rings. The molecular weight excluding hydrogens is 353 g/mol. The first-order chi connectivity index (χ1) is 12.3. The van der Waals surface area contributed by atoms with Gasteiger partial charge >= 0.3 is 5.97 Å². The van der Waals surface area contributed by atoms with E-state index in [0.717, 1.165) is 6.07 Å². The normalized spacial score (nSPS) is 10.2. The summed E-state index contributed by atoms with van der Waals surface area (Å²) in [6.07, 6.45) is -0.707. The van der Waals surface area contributed by atoms with Gasteiger partial charge in [0.15, 0.2) is 17.5 Å². The van der Waals surface area contributed by atoms with Crippen LogP contribution < -0.4 is 10.6 Å². The number of ether oxygens (including phenoxy) is 1. The Morgan fingerprint density at radius 3 is 2.35 bits per heavy atom. The highest BCUT2D eigenvalue weighted by Crippen LogP contribution is 2.20. The van der Waals surface area contributed by atoms with Gasteiger partial charge in [-0.15, -0.1) is 0 Å². The monoisotopic (exact) mass is 366 g/mol. The molecule has 0 unspecified atom stereocenters. The highest BCUT2D eigenvalue weighted by Gasteiger charge is 2.17. The summed E-state index contributed by atoms with van der Waals surface area (Å²) in [6.45, 7) is 0. The van der Waals surface area contributed by atoms with E-state index in [4.69, 9.17) is 0 Å². The first-order valence-electron chi connectivity index (χ1n) is 7.23. The van der Waals surface area contributed by atoms with Crippen molar-refractivity contribution >= 4 is 29.2 Å². The number of nitrogens with one attached hydrogen (secondary N) is 2. The van der Waals surface area contributed by atoms with Crippen molar-refractivity contribution in [3.8, 4) is 0 Å². The fourth-order valence-corrected chi connectivity index (χ4v) is 2.01. The third-order valence-corrected chi connectivity index (χ3v) is 3.20. The molecule has 0 aliphatic heterocycles. The number of carbonyl (C=O) groups excluding carboxylic acids is 3. The molecule has 2 aromatic carbocycles. The molecule has 2 N–H and O–H groups in total. The average Bonchev–Trinajstić information content (AvgIpc) is 2.61. The third kappa shape index (κ3) is 4.59. The Morgan fingerprint density at radius 1 is 0.962 bits per heavy atom. The first kappa shape index (κ1) is 19.0. The molecule has 0 saturated heterocycles. The van der Waals surface area contributed by atoms with Crippen molar-refractivity contribution in [3.05, 3.63) is 59.4 Å². The molecule has 2 amide bonds. The molecule has 2 rings (SSSR count). The van der Waals surface area contributed by atoms with Gasteiger partial charge in [-0.1, -0.05) is 6.07 Å². The molecule has 26 heavy (non-hydrogen) atoms. The minimum absolute atomic E-state index is 0.193. The Balaban J connectivity index is 1.99. The zero-order valence-corrected chi connectivity index (χ0v) is 13.4. The SMILES string of the molecule is COC(=O)c1cccc(NC(=O)CC(=O)Nc2ccc(F)c(F)c2F)c1. The summed E-state index contributed by atoms with van der Waals surface area (Å²) in [5, 5.41) is 4.36. The van der Waals surface area contributed by atoms with E-state index in [1.54, 1.807) is 0 Å². The Kier molecular flexibility index (Phi) is 5.94. The van der Waals surface area contributed by atoms with E-state index in [9.17, 15) is 27.6 Å². The number of hydrogen-bond acceptors (Lipinski definition) is 4. The van der Waals surface area contributed by atoms with Crippen LogP contribution >= 0.6 is 0 Å². The van der Waals surface area contributed by atoms with Crippen LogP contribution in [0.2, 0.25) is 0 Å². The Labute approximate surface area is 146 Å². The van der Waals surface area contributed by atoms with Gasteiger partial charge in [0, 0.05) is 5.69 Å². The van der Waals surface area contributed by atoms with Gasteiger partial charge in [0.05, 0.1) is 18.4 Å². The second-order valence-corrected chi connectivity index (χ2v) is 5.07. The highest BCUT2D eigenvalue weighted by atomic mass is 19.2. The molecule has 0 aliphatic carbocycles. The van der Waals surface area contributed by atoms with E-state index < -0.39 is 47.3 Å². The van der Waals surface area contributed by atoms with Crippen LogP contribution in [-0.2, 0) is 14.3 Å². The van der Waals surface area contributed by atoms with Crippen LogP contribution in [0.5, 0.6) is 0 Å². The van der Waals surface area contributed by atoms with Crippen molar-refractivity contribution in [3.63, 3.8) is 0 Å². The van der Waals surface area contributed by atoms with Crippen LogP contribution in [0.1, 0.15) is 16.8 Å². The molecule has 0 aliphatic rings. The molecule has 6 nitrogen and oxygen atoms in total. The number of benzene rings is 2. The lowest BCUT2D eigenvalue weighted by Gasteiger charge is -2.09. The predicted molar refractivity (Wildman–Crippen MR) is 86.0 cm³/mol. The molecule has 9 heteroatoms. The Morgan fingerprint density at radius 2 is 1.65 bits per heavy atom. The quantitative estimate of drug-likeness (QED) is 0.484. The lowest BCUT2D eigenvalue weighted by atomic mass is 10.2. The number of anilines is 2. The predicted octanol–water partition coefficient (Wildman–Crippen LogP) is 2.86. The molecule has 136 valence electrons. The van der Waals surface area contributed by atoms with Gasteiger partial charge in [-0.05, 0) is 30.3 Å². The molecule has 0 atom stereocenters. The maximum Gasteiger partial charge on any atom is 0.337 e. The largest absolute Gasteiger partial charge is 0.465 e.